The summed E-state index contributed by atoms with van der Waals surface area (Å²) in [7, 11) is 0. The Morgan fingerprint density at radius 3 is 2.62 bits per heavy atom. The Hall–Kier alpha value is -0.160. The monoisotopic (exact) mass is 297 g/mol. The van der Waals surface area contributed by atoms with Crippen molar-refractivity contribution >= 4 is 0 Å². The molecular formula is C17H31NO3. The summed E-state index contributed by atoms with van der Waals surface area (Å²) >= 11 is 0. The molecule has 0 aromatic heterocycles. The third kappa shape index (κ3) is 3.14. The van der Waals surface area contributed by atoms with Crippen molar-refractivity contribution < 1.29 is 14.2 Å². The van der Waals surface area contributed by atoms with Gasteiger partial charge in [0.2, 0.25) is 0 Å². The standard InChI is InChI=1S/C17H31NO3/c1-4-20-15-11-14(16(15,2)3)18-13-5-8-21-17(12-13)6-9-19-10-7-17/h13-15,18H,4-12H2,1-3H3. The van der Waals surface area contributed by atoms with E-state index in [1.165, 1.54) is 0 Å². The van der Waals surface area contributed by atoms with Crippen molar-refractivity contribution in [1.82, 2.24) is 5.32 Å². The van der Waals surface area contributed by atoms with Crippen LogP contribution in [0.1, 0.15) is 52.9 Å². The predicted molar refractivity (Wildman–Crippen MR) is 82.5 cm³/mol. The molecule has 3 fully saturated rings. The average molecular weight is 297 g/mol. The first-order chi connectivity index (χ1) is 10.1. The Kier molecular flexibility index (Phi) is 4.60. The van der Waals surface area contributed by atoms with Crippen molar-refractivity contribution in [2.24, 2.45) is 5.41 Å². The Bertz CT molecular complexity index is 346. The summed E-state index contributed by atoms with van der Waals surface area (Å²) in [5.74, 6) is 0. The van der Waals surface area contributed by atoms with E-state index in [4.69, 9.17) is 14.2 Å². The van der Waals surface area contributed by atoms with E-state index in [2.05, 4.69) is 26.1 Å². The number of nitrogens with one attached hydrogen (secondary N) is 1. The molecule has 21 heavy (non-hydrogen) atoms. The normalized spacial score (nSPS) is 38.1. The van der Waals surface area contributed by atoms with E-state index in [1.807, 2.05) is 0 Å². The molecule has 3 rings (SSSR count). The molecule has 4 heteroatoms. The largest absolute Gasteiger partial charge is 0.381 e. The molecular weight excluding hydrogens is 266 g/mol. The molecule has 4 nitrogen and oxygen atoms in total. The first-order valence-corrected chi connectivity index (χ1v) is 8.65. The van der Waals surface area contributed by atoms with Crippen molar-refractivity contribution in [3.8, 4) is 0 Å². The van der Waals surface area contributed by atoms with Crippen molar-refractivity contribution in [3.05, 3.63) is 0 Å². The second-order valence-electron chi connectivity index (χ2n) is 7.55. The van der Waals surface area contributed by atoms with Crippen LogP contribution < -0.4 is 5.32 Å². The highest BCUT2D eigenvalue weighted by atomic mass is 16.5. The van der Waals surface area contributed by atoms with Crippen LogP contribution in [0.25, 0.3) is 0 Å². The van der Waals surface area contributed by atoms with E-state index in [9.17, 15) is 0 Å². The maximum atomic E-state index is 6.14. The molecule has 2 heterocycles. The number of ether oxygens (including phenoxy) is 3. The lowest BCUT2D eigenvalue weighted by Crippen LogP contribution is -2.64. The van der Waals surface area contributed by atoms with Gasteiger partial charge in [-0.2, -0.15) is 0 Å². The minimum Gasteiger partial charge on any atom is -0.381 e. The van der Waals surface area contributed by atoms with Crippen LogP contribution in [0.2, 0.25) is 0 Å². The first kappa shape index (κ1) is 15.7. The van der Waals surface area contributed by atoms with E-state index in [1.54, 1.807) is 0 Å². The summed E-state index contributed by atoms with van der Waals surface area (Å²) in [6.07, 6.45) is 5.95. The summed E-state index contributed by atoms with van der Waals surface area (Å²) < 4.78 is 17.5. The second-order valence-corrected chi connectivity index (χ2v) is 7.55. The maximum Gasteiger partial charge on any atom is 0.0741 e. The van der Waals surface area contributed by atoms with Gasteiger partial charge in [0.1, 0.15) is 0 Å². The van der Waals surface area contributed by atoms with Crippen LogP contribution in [0.4, 0.5) is 0 Å². The smallest absolute Gasteiger partial charge is 0.0741 e. The van der Waals surface area contributed by atoms with Crippen LogP contribution in [0.5, 0.6) is 0 Å². The fourth-order valence-electron chi connectivity index (χ4n) is 4.20. The van der Waals surface area contributed by atoms with E-state index >= 15 is 0 Å². The third-order valence-corrected chi connectivity index (χ3v) is 5.88. The molecule has 122 valence electrons. The SMILES string of the molecule is CCOC1CC(NC2CCOC3(CCOCC3)C2)C1(C)C. The molecule has 2 saturated heterocycles. The highest BCUT2D eigenvalue weighted by Gasteiger charge is 2.50. The van der Waals surface area contributed by atoms with Gasteiger partial charge < -0.3 is 19.5 Å². The second kappa shape index (κ2) is 6.15. The third-order valence-electron chi connectivity index (χ3n) is 5.88. The Balaban J connectivity index is 1.54. The Morgan fingerprint density at radius 2 is 1.95 bits per heavy atom. The molecule has 0 aromatic carbocycles. The van der Waals surface area contributed by atoms with E-state index in [0.717, 1.165) is 58.5 Å². The molecule has 2 aliphatic heterocycles. The van der Waals surface area contributed by atoms with Crippen LogP contribution in [-0.4, -0.2) is 50.2 Å². The Labute approximate surface area is 128 Å². The van der Waals surface area contributed by atoms with Crippen LogP contribution in [-0.2, 0) is 14.2 Å². The quantitative estimate of drug-likeness (QED) is 0.865. The molecule has 3 atom stereocenters. The first-order valence-electron chi connectivity index (χ1n) is 8.65. The van der Waals surface area contributed by atoms with E-state index in [-0.39, 0.29) is 11.0 Å². The minimum atomic E-state index is 0.0847. The van der Waals surface area contributed by atoms with Gasteiger partial charge >= 0.3 is 0 Å². The van der Waals surface area contributed by atoms with Crippen molar-refractivity contribution in [3.63, 3.8) is 0 Å². The molecule has 1 N–H and O–H groups in total. The van der Waals surface area contributed by atoms with Gasteiger partial charge in [0.05, 0.1) is 11.7 Å². The molecule has 1 spiro atoms. The van der Waals surface area contributed by atoms with Gasteiger partial charge in [-0.05, 0) is 39.0 Å². The van der Waals surface area contributed by atoms with Gasteiger partial charge in [0.15, 0.2) is 0 Å². The fourth-order valence-corrected chi connectivity index (χ4v) is 4.20. The van der Waals surface area contributed by atoms with Gasteiger partial charge in [0.25, 0.3) is 0 Å². The summed E-state index contributed by atoms with van der Waals surface area (Å²) in [6, 6.07) is 1.16. The molecule has 0 aromatic rings. The molecule has 0 amide bonds. The zero-order valence-electron chi connectivity index (χ0n) is 13.8. The molecule has 0 bridgehead atoms. The van der Waals surface area contributed by atoms with Crippen molar-refractivity contribution in [2.45, 2.75) is 76.7 Å². The zero-order chi connectivity index (χ0) is 14.9. The number of hydrogen-bond donors (Lipinski definition) is 1. The van der Waals surface area contributed by atoms with Crippen molar-refractivity contribution in [1.29, 1.82) is 0 Å². The van der Waals surface area contributed by atoms with Crippen LogP contribution in [0.3, 0.4) is 0 Å². The molecule has 1 aliphatic carbocycles. The van der Waals surface area contributed by atoms with Gasteiger partial charge in [0, 0.05) is 43.9 Å². The predicted octanol–water partition coefficient (Wildman–Crippen LogP) is 2.51. The van der Waals surface area contributed by atoms with Gasteiger partial charge in [-0.3, -0.25) is 0 Å². The molecule has 1 saturated carbocycles. The molecule has 3 unspecified atom stereocenters. The summed E-state index contributed by atoms with van der Waals surface area (Å²) in [4.78, 5) is 0. The average Bonchev–Trinajstić information content (AvgIpc) is 2.47. The fraction of sp³-hybridized carbons (Fsp3) is 1.00. The van der Waals surface area contributed by atoms with Gasteiger partial charge in [-0.25, -0.2) is 0 Å². The number of rotatable bonds is 4. The summed E-state index contributed by atoms with van der Waals surface area (Å²) in [5, 5.41) is 3.90. The molecule has 0 radical (unpaired) electrons. The summed E-state index contributed by atoms with van der Waals surface area (Å²) in [5.41, 5.74) is 0.332. The van der Waals surface area contributed by atoms with Gasteiger partial charge in [-0.15, -0.1) is 0 Å². The lowest BCUT2D eigenvalue weighted by Gasteiger charge is -2.54. The number of hydrogen-bond acceptors (Lipinski definition) is 4. The minimum absolute atomic E-state index is 0.0847. The zero-order valence-corrected chi connectivity index (χ0v) is 13.8. The van der Waals surface area contributed by atoms with Crippen molar-refractivity contribution in [2.75, 3.05) is 26.4 Å². The van der Waals surface area contributed by atoms with Gasteiger partial charge in [-0.1, -0.05) is 13.8 Å². The van der Waals surface area contributed by atoms with Crippen LogP contribution >= 0.6 is 0 Å². The van der Waals surface area contributed by atoms with Crippen LogP contribution in [0, 0.1) is 5.41 Å². The van der Waals surface area contributed by atoms with Crippen LogP contribution in [0.15, 0.2) is 0 Å². The lowest BCUT2D eigenvalue weighted by molar-refractivity contribution is -0.151. The Morgan fingerprint density at radius 1 is 1.19 bits per heavy atom. The highest BCUT2D eigenvalue weighted by molar-refractivity contribution is 5.05. The lowest BCUT2D eigenvalue weighted by atomic mass is 9.64. The van der Waals surface area contributed by atoms with E-state index in [0.29, 0.717) is 18.2 Å². The topological polar surface area (TPSA) is 39.7 Å². The summed E-state index contributed by atoms with van der Waals surface area (Å²) in [6.45, 7) is 10.2. The van der Waals surface area contributed by atoms with E-state index < -0.39 is 0 Å². The molecule has 3 aliphatic rings. The highest BCUT2D eigenvalue weighted by Crippen LogP contribution is 2.44. The maximum absolute atomic E-state index is 6.14.